The molecule has 3 aromatic carbocycles. The molecule has 0 spiro atoms. The third kappa shape index (κ3) is 5.04. The molecular formula is C24H21N3O2S. The largest absolute Gasteiger partial charge is 0.497 e. The summed E-state index contributed by atoms with van der Waals surface area (Å²) in [5, 5.41) is 8.91. The van der Waals surface area contributed by atoms with Crippen LogP contribution in [0.3, 0.4) is 0 Å². The van der Waals surface area contributed by atoms with Gasteiger partial charge in [0.25, 0.3) is 5.91 Å². The molecule has 5 nitrogen and oxygen atoms in total. The number of thiazole rings is 1. The summed E-state index contributed by atoms with van der Waals surface area (Å²) in [7, 11) is 1.65. The lowest BCUT2D eigenvalue weighted by Gasteiger charge is -2.08. The second-order valence-electron chi connectivity index (χ2n) is 6.67. The molecule has 0 aliphatic carbocycles. The summed E-state index contributed by atoms with van der Waals surface area (Å²) in [6, 6.07) is 25.4. The number of rotatable bonds is 7. The molecule has 1 amide bonds. The summed E-state index contributed by atoms with van der Waals surface area (Å²) < 4.78 is 5.18. The molecule has 4 rings (SSSR count). The number of methoxy groups -OCH3 is 1. The lowest BCUT2D eigenvalue weighted by atomic mass is 10.1. The molecule has 2 N–H and O–H groups in total. The fourth-order valence-corrected chi connectivity index (χ4v) is 3.74. The second kappa shape index (κ2) is 9.24. The van der Waals surface area contributed by atoms with Crippen LogP contribution in [0.1, 0.15) is 21.1 Å². The Morgan fingerprint density at radius 2 is 1.57 bits per heavy atom. The van der Waals surface area contributed by atoms with Crippen molar-refractivity contribution >= 4 is 34.3 Å². The van der Waals surface area contributed by atoms with Gasteiger partial charge < -0.3 is 15.4 Å². The number of anilines is 3. The molecule has 1 aromatic heterocycles. The van der Waals surface area contributed by atoms with Crippen LogP contribution in [0.5, 0.6) is 5.75 Å². The Morgan fingerprint density at radius 3 is 2.27 bits per heavy atom. The summed E-state index contributed by atoms with van der Waals surface area (Å²) in [6.07, 6.45) is 0.682. The summed E-state index contributed by atoms with van der Waals surface area (Å²) in [6.45, 7) is 0. The number of carbonyl (C=O) groups is 1. The fraction of sp³-hybridized carbons (Fsp3) is 0.0833. The van der Waals surface area contributed by atoms with Gasteiger partial charge in [-0.25, -0.2) is 4.98 Å². The Hall–Kier alpha value is -3.64. The molecular weight excluding hydrogens is 394 g/mol. The van der Waals surface area contributed by atoms with E-state index >= 15 is 0 Å². The van der Waals surface area contributed by atoms with Crippen LogP contribution < -0.4 is 15.4 Å². The van der Waals surface area contributed by atoms with Gasteiger partial charge in [-0.2, -0.15) is 0 Å². The molecule has 0 saturated carbocycles. The number of benzene rings is 3. The van der Waals surface area contributed by atoms with Gasteiger partial charge in [0.15, 0.2) is 0 Å². The minimum absolute atomic E-state index is 0.212. The molecule has 0 radical (unpaired) electrons. The van der Waals surface area contributed by atoms with E-state index in [1.54, 1.807) is 12.5 Å². The van der Waals surface area contributed by atoms with Crippen molar-refractivity contribution in [3.05, 3.63) is 101 Å². The lowest BCUT2D eigenvalue weighted by molar-refractivity contribution is 0.102. The van der Waals surface area contributed by atoms with Gasteiger partial charge in [-0.05, 0) is 54.1 Å². The van der Waals surface area contributed by atoms with Crippen LogP contribution in [-0.2, 0) is 6.42 Å². The number of nitrogens with one attached hydrogen (secondary N) is 2. The molecule has 4 aromatic rings. The highest BCUT2D eigenvalue weighted by Gasteiger charge is 2.11. The smallest absolute Gasteiger partial charge is 0.275 e. The highest BCUT2D eigenvalue weighted by atomic mass is 32.1. The number of hydrogen-bond acceptors (Lipinski definition) is 5. The Morgan fingerprint density at radius 1 is 0.900 bits per heavy atom. The van der Waals surface area contributed by atoms with E-state index < -0.39 is 0 Å². The first-order valence-electron chi connectivity index (χ1n) is 9.50. The first kappa shape index (κ1) is 19.7. The normalized spacial score (nSPS) is 10.4. The van der Waals surface area contributed by atoms with Crippen LogP contribution in [0.4, 0.5) is 17.1 Å². The standard InChI is InChI=1S/C24H21N3O2S/c1-29-21-13-7-17(8-14-21)15-23-27-22(16-30-23)24(28)26-20-11-9-19(10-12-20)25-18-5-3-2-4-6-18/h2-14,16,25H,15H2,1H3,(H,26,28). The van der Waals surface area contributed by atoms with Crippen LogP contribution in [0.2, 0.25) is 0 Å². The van der Waals surface area contributed by atoms with E-state index in [1.165, 1.54) is 11.3 Å². The first-order chi connectivity index (χ1) is 14.7. The summed E-state index contributed by atoms with van der Waals surface area (Å²) in [5.74, 6) is 0.610. The van der Waals surface area contributed by atoms with Gasteiger partial charge in [0, 0.05) is 28.9 Å². The Kier molecular flexibility index (Phi) is 6.06. The molecule has 1 heterocycles. The molecule has 6 heteroatoms. The molecule has 0 unspecified atom stereocenters. The van der Waals surface area contributed by atoms with E-state index in [9.17, 15) is 4.79 Å². The molecule has 0 saturated heterocycles. The summed E-state index contributed by atoms with van der Waals surface area (Å²) in [4.78, 5) is 17.0. The molecule has 0 aliphatic heterocycles. The second-order valence-corrected chi connectivity index (χ2v) is 7.62. The maximum absolute atomic E-state index is 12.5. The topological polar surface area (TPSA) is 63.2 Å². The molecule has 0 bridgehead atoms. The fourth-order valence-electron chi connectivity index (χ4n) is 2.93. The predicted octanol–water partition coefficient (Wildman–Crippen LogP) is 5.74. The van der Waals surface area contributed by atoms with Crippen molar-refractivity contribution in [3.63, 3.8) is 0 Å². The van der Waals surface area contributed by atoms with Gasteiger partial charge in [0.1, 0.15) is 11.4 Å². The van der Waals surface area contributed by atoms with E-state index in [0.29, 0.717) is 12.1 Å². The Balaban J connectivity index is 1.35. The molecule has 0 fully saturated rings. The van der Waals surface area contributed by atoms with Gasteiger partial charge in [-0.3, -0.25) is 4.79 Å². The SMILES string of the molecule is COc1ccc(Cc2nc(C(=O)Nc3ccc(Nc4ccccc4)cc3)cs2)cc1. The zero-order valence-corrected chi connectivity index (χ0v) is 17.3. The van der Waals surface area contributed by atoms with E-state index in [0.717, 1.165) is 33.4 Å². The number of ether oxygens (including phenoxy) is 1. The van der Waals surface area contributed by atoms with Crippen LogP contribution in [0.15, 0.2) is 84.2 Å². The van der Waals surface area contributed by atoms with Crippen molar-refractivity contribution in [1.82, 2.24) is 4.98 Å². The number of hydrogen-bond donors (Lipinski definition) is 2. The van der Waals surface area contributed by atoms with Crippen molar-refractivity contribution in [2.75, 3.05) is 17.7 Å². The highest BCUT2D eigenvalue weighted by molar-refractivity contribution is 7.09. The zero-order chi connectivity index (χ0) is 20.8. The van der Waals surface area contributed by atoms with Crippen molar-refractivity contribution in [2.45, 2.75) is 6.42 Å². The first-order valence-corrected chi connectivity index (χ1v) is 10.4. The van der Waals surface area contributed by atoms with Gasteiger partial charge in [-0.15, -0.1) is 11.3 Å². The number of para-hydroxylation sites is 1. The van der Waals surface area contributed by atoms with Crippen LogP contribution >= 0.6 is 11.3 Å². The average Bonchev–Trinajstić information content (AvgIpc) is 3.25. The highest BCUT2D eigenvalue weighted by Crippen LogP contribution is 2.21. The quantitative estimate of drug-likeness (QED) is 0.404. The van der Waals surface area contributed by atoms with Crippen LogP contribution in [-0.4, -0.2) is 18.0 Å². The van der Waals surface area contributed by atoms with Crippen LogP contribution in [0, 0.1) is 0 Å². The Bertz CT molecular complexity index is 1110. The molecule has 30 heavy (non-hydrogen) atoms. The lowest BCUT2D eigenvalue weighted by Crippen LogP contribution is -2.12. The van der Waals surface area contributed by atoms with Gasteiger partial charge in [-0.1, -0.05) is 30.3 Å². The van der Waals surface area contributed by atoms with Gasteiger partial charge >= 0.3 is 0 Å². The summed E-state index contributed by atoms with van der Waals surface area (Å²) in [5.41, 5.74) is 4.24. The summed E-state index contributed by atoms with van der Waals surface area (Å²) >= 11 is 1.48. The van der Waals surface area contributed by atoms with Crippen LogP contribution in [0.25, 0.3) is 0 Å². The Labute approximate surface area is 179 Å². The van der Waals surface area contributed by atoms with Crippen molar-refractivity contribution in [1.29, 1.82) is 0 Å². The van der Waals surface area contributed by atoms with Crippen molar-refractivity contribution in [2.24, 2.45) is 0 Å². The third-order valence-corrected chi connectivity index (χ3v) is 5.35. The zero-order valence-electron chi connectivity index (χ0n) is 16.5. The number of carbonyl (C=O) groups excluding carboxylic acids is 1. The van der Waals surface area contributed by atoms with E-state index in [1.807, 2.05) is 78.9 Å². The average molecular weight is 416 g/mol. The molecule has 0 aliphatic rings. The van der Waals surface area contributed by atoms with Crippen molar-refractivity contribution in [3.8, 4) is 5.75 Å². The minimum atomic E-state index is -0.212. The maximum atomic E-state index is 12.5. The molecule has 0 atom stereocenters. The van der Waals surface area contributed by atoms with E-state index in [4.69, 9.17) is 4.74 Å². The van der Waals surface area contributed by atoms with E-state index in [-0.39, 0.29) is 5.91 Å². The maximum Gasteiger partial charge on any atom is 0.275 e. The van der Waals surface area contributed by atoms with Gasteiger partial charge in [0.05, 0.1) is 12.1 Å². The number of nitrogens with zero attached hydrogens (tertiary/aromatic N) is 1. The monoisotopic (exact) mass is 415 g/mol. The third-order valence-electron chi connectivity index (χ3n) is 4.50. The number of aromatic nitrogens is 1. The molecule has 150 valence electrons. The van der Waals surface area contributed by atoms with E-state index in [2.05, 4.69) is 15.6 Å². The number of amides is 1. The van der Waals surface area contributed by atoms with Crippen molar-refractivity contribution < 1.29 is 9.53 Å². The predicted molar refractivity (Wildman–Crippen MR) is 122 cm³/mol. The van der Waals surface area contributed by atoms with Gasteiger partial charge in [0.2, 0.25) is 0 Å². The minimum Gasteiger partial charge on any atom is -0.497 e.